The minimum Gasteiger partial charge on any atom is -0.258 e. The maximum absolute atomic E-state index is 10.4. The molecule has 0 aliphatic heterocycles. The van der Waals surface area contributed by atoms with Gasteiger partial charge in [0, 0.05) is 5.25 Å². The lowest BCUT2D eigenvalue weighted by atomic mass is 10.0. The van der Waals surface area contributed by atoms with Crippen LogP contribution in [0.3, 0.4) is 0 Å². The van der Waals surface area contributed by atoms with E-state index < -0.39 is 4.92 Å². The van der Waals surface area contributed by atoms with Crippen LogP contribution in [0.15, 0.2) is 17.6 Å². The van der Waals surface area contributed by atoms with E-state index >= 15 is 0 Å². The standard InChI is InChI=1S/C10H13N3O2S/c14-13(15)8-6-11-10(12-7-8)16-9-4-2-1-3-5-9/h6-7,9H,1-5H2. The fourth-order valence-corrected chi connectivity index (χ4v) is 2.89. The van der Waals surface area contributed by atoms with E-state index in [1.54, 1.807) is 11.8 Å². The Hall–Kier alpha value is -1.17. The van der Waals surface area contributed by atoms with Crippen LogP contribution in [0.2, 0.25) is 0 Å². The summed E-state index contributed by atoms with van der Waals surface area (Å²) in [6, 6.07) is 0. The van der Waals surface area contributed by atoms with Crippen molar-refractivity contribution in [2.24, 2.45) is 0 Å². The summed E-state index contributed by atoms with van der Waals surface area (Å²) in [5.41, 5.74) is -0.0482. The van der Waals surface area contributed by atoms with Gasteiger partial charge in [0.05, 0.1) is 4.92 Å². The predicted octanol–water partition coefficient (Wildman–Crippen LogP) is 2.81. The van der Waals surface area contributed by atoms with Gasteiger partial charge in [-0.25, -0.2) is 9.97 Å². The average Bonchev–Trinajstić information content (AvgIpc) is 2.31. The number of aromatic nitrogens is 2. The summed E-state index contributed by atoms with van der Waals surface area (Å²) in [4.78, 5) is 18.0. The van der Waals surface area contributed by atoms with Gasteiger partial charge >= 0.3 is 5.69 Å². The highest BCUT2D eigenvalue weighted by Gasteiger charge is 2.16. The van der Waals surface area contributed by atoms with Crippen LogP contribution in [0.25, 0.3) is 0 Å². The molecule has 0 N–H and O–H groups in total. The molecule has 1 heterocycles. The summed E-state index contributed by atoms with van der Waals surface area (Å²) < 4.78 is 0. The first-order valence-electron chi connectivity index (χ1n) is 5.39. The van der Waals surface area contributed by atoms with Gasteiger partial charge in [-0.05, 0) is 12.8 Å². The molecule has 0 aromatic carbocycles. The topological polar surface area (TPSA) is 68.9 Å². The molecule has 1 aromatic rings. The highest BCUT2D eigenvalue weighted by molar-refractivity contribution is 7.99. The van der Waals surface area contributed by atoms with Crippen molar-refractivity contribution in [1.82, 2.24) is 9.97 Å². The Morgan fingerprint density at radius 1 is 1.25 bits per heavy atom. The number of thioether (sulfide) groups is 1. The first kappa shape index (κ1) is 11.3. The van der Waals surface area contributed by atoms with E-state index in [9.17, 15) is 10.1 Å². The third-order valence-corrected chi connectivity index (χ3v) is 3.88. The van der Waals surface area contributed by atoms with Crippen molar-refractivity contribution in [2.45, 2.75) is 42.5 Å². The number of nitro groups is 1. The summed E-state index contributed by atoms with van der Waals surface area (Å²) in [6.07, 6.45) is 8.81. The molecule has 0 amide bonds. The summed E-state index contributed by atoms with van der Waals surface area (Å²) in [6.45, 7) is 0. The molecule has 1 aliphatic carbocycles. The Morgan fingerprint density at radius 2 is 1.88 bits per heavy atom. The second kappa shape index (κ2) is 5.25. The van der Waals surface area contributed by atoms with Crippen LogP contribution in [-0.4, -0.2) is 20.1 Å². The molecule has 1 aromatic heterocycles. The zero-order valence-electron chi connectivity index (χ0n) is 8.83. The molecule has 0 saturated heterocycles. The van der Waals surface area contributed by atoms with Gasteiger partial charge in [-0.3, -0.25) is 10.1 Å². The molecule has 16 heavy (non-hydrogen) atoms. The Labute approximate surface area is 97.8 Å². The third kappa shape index (κ3) is 2.91. The van der Waals surface area contributed by atoms with Gasteiger partial charge < -0.3 is 0 Å². The van der Waals surface area contributed by atoms with Gasteiger partial charge in [-0.15, -0.1) is 0 Å². The van der Waals surface area contributed by atoms with Crippen molar-refractivity contribution >= 4 is 17.4 Å². The maximum Gasteiger partial charge on any atom is 0.305 e. The van der Waals surface area contributed by atoms with Crippen LogP contribution in [0.4, 0.5) is 5.69 Å². The fourth-order valence-electron chi connectivity index (χ4n) is 1.80. The predicted molar refractivity (Wildman–Crippen MR) is 61.4 cm³/mol. The van der Waals surface area contributed by atoms with E-state index in [1.165, 1.54) is 44.5 Å². The zero-order valence-corrected chi connectivity index (χ0v) is 9.65. The minimum absolute atomic E-state index is 0.0482. The summed E-state index contributed by atoms with van der Waals surface area (Å²) in [5.74, 6) is 0. The third-order valence-electron chi connectivity index (χ3n) is 2.65. The molecular formula is C10H13N3O2S. The maximum atomic E-state index is 10.4. The Kier molecular flexibility index (Phi) is 3.71. The smallest absolute Gasteiger partial charge is 0.258 e. The Balaban J connectivity index is 1.96. The van der Waals surface area contributed by atoms with Crippen molar-refractivity contribution in [1.29, 1.82) is 0 Å². The van der Waals surface area contributed by atoms with Crippen molar-refractivity contribution < 1.29 is 4.92 Å². The second-order valence-electron chi connectivity index (χ2n) is 3.86. The molecule has 1 saturated carbocycles. The van der Waals surface area contributed by atoms with Gasteiger partial charge in [0.2, 0.25) is 0 Å². The minimum atomic E-state index is -0.477. The number of hydrogen-bond donors (Lipinski definition) is 0. The van der Waals surface area contributed by atoms with Gasteiger partial charge in [0.1, 0.15) is 12.4 Å². The van der Waals surface area contributed by atoms with Crippen LogP contribution >= 0.6 is 11.8 Å². The van der Waals surface area contributed by atoms with Crippen LogP contribution in [0.1, 0.15) is 32.1 Å². The second-order valence-corrected chi connectivity index (χ2v) is 5.13. The highest BCUT2D eigenvalue weighted by atomic mass is 32.2. The average molecular weight is 239 g/mol. The summed E-state index contributed by atoms with van der Waals surface area (Å²) in [7, 11) is 0. The SMILES string of the molecule is O=[N+]([O-])c1cnc(SC2CCCCC2)nc1. The molecule has 86 valence electrons. The molecule has 0 radical (unpaired) electrons. The van der Waals surface area contributed by atoms with E-state index in [-0.39, 0.29) is 5.69 Å². The molecule has 0 bridgehead atoms. The molecule has 0 atom stereocenters. The van der Waals surface area contributed by atoms with E-state index in [2.05, 4.69) is 9.97 Å². The number of rotatable bonds is 3. The normalized spacial score (nSPS) is 17.2. The van der Waals surface area contributed by atoms with Gasteiger partial charge in [-0.2, -0.15) is 0 Å². The molecule has 0 unspecified atom stereocenters. The van der Waals surface area contributed by atoms with Crippen LogP contribution in [-0.2, 0) is 0 Å². The first-order valence-corrected chi connectivity index (χ1v) is 6.27. The first-order chi connectivity index (χ1) is 7.75. The Bertz CT molecular complexity index is 363. The lowest BCUT2D eigenvalue weighted by Gasteiger charge is -2.19. The molecule has 5 nitrogen and oxygen atoms in total. The Morgan fingerprint density at radius 3 is 2.44 bits per heavy atom. The molecular weight excluding hydrogens is 226 g/mol. The molecule has 6 heteroatoms. The molecule has 1 aliphatic rings. The van der Waals surface area contributed by atoms with E-state index in [4.69, 9.17) is 0 Å². The van der Waals surface area contributed by atoms with Gasteiger partial charge in [0.15, 0.2) is 5.16 Å². The summed E-state index contributed by atoms with van der Waals surface area (Å²) in [5, 5.41) is 11.7. The summed E-state index contributed by atoms with van der Waals surface area (Å²) >= 11 is 1.64. The number of hydrogen-bond acceptors (Lipinski definition) is 5. The van der Waals surface area contributed by atoms with Gasteiger partial charge in [-0.1, -0.05) is 31.0 Å². The number of nitrogens with zero attached hydrogens (tertiary/aromatic N) is 3. The molecule has 2 rings (SSSR count). The highest BCUT2D eigenvalue weighted by Crippen LogP contribution is 2.31. The van der Waals surface area contributed by atoms with Gasteiger partial charge in [0.25, 0.3) is 0 Å². The van der Waals surface area contributed by atoms with Crippen LogP contribution < -0.4 is 0 Å². The van der Waals surface area contributed by atoms with E-state index in [0.717, 1.165) is 0 Å². The largest absolute Gasteiger partial charge is 0.305 e. The lowest BCUT2D eigenvalue weighted by Crippen LogP contribution is -2.08. The molecule has 1 fully saturated rings. The van der Waals surface area contributed by atoms with Crippen LogP contribution in [0, 0.1) is 10.1 Å². The van der Waals surface area contributed by atoms with Crippen LogP contribution in [0.5, 0.6) is 0 Å². The van der Waals surface area contributed by atoms with Crippen molar-refractivity contribution in [3.05, 3.63) is 22.5 Å². The van der Waals surface area contributed by atoms with Crippen molar-refractivity contribution in [3.63, 3.8) is 0 Å². The monoisotopic (exact) mass is 239 g/mol. The fraction of sp³-hybridized carbons (Fsp3) is 0.600. The zero-order chi connectivity index (χ0) is 11.4. The van der Waals surface area contributed by atoms with Crippen molar-refractivity contribution in [3.8, 4) is 0 Å². The quantitative estimate of drug-likeness (QED) is 0.461. The lowest BCUT2D eigenvalue weighted by molar-refractivity contribution is -0.385. The van der Waals surface area contributed by atoms with Crippen molar-refractivity contribution in [2.75, 3.05) is 0 Å². The molecule has 0 spiro atoms. The van der Waals surface area contributed by atoms with E-state index in [0.29, 0.717) is 10.4 Å². The van der Waals surface area contributed by atoms with E-state index in [1.807, 2.05) is 0 Å².